The molecule has 0 saturated heterocycles. The van der Waals surface area contributed by atoms with Crippen molar-refractivity contribution in [2.45, 2.75) is 33.2 Å². The second kappa shape index (κ2) is 7.11. The first kappa shape index (κ1) is 15.4. The molecule has 0 aliphatic carbocycles. The van der Waals surface area contributed by atoms with Gasteiger partial charge in [-0.1, -0.05) is 50.2 Å². The Hall–Kier alpha value is -2.03. The van der Waals surface area contributed by atoms with Crippen molar-refractivity contribution in [1.82, 2.24) is 5.32 Å². The lowest BCUT2D eigenvalue weighted by atomic mass is 10.1. The van der Waals surface area contributed by atoms with E-state index in [4.69, 9.17) is 4.74 Å². The number of benzene rings is 2. The number of hydrogen-bond acceptors (Lipinski definition) is 2. The van der Waals surface area contributed by atoms with Gasteiger partial charge in [-0.25, -0.2) is 0 Å². The molecule has 0 spiro atoms. The van der Waals surface area contributed by atoms with Crippen LogP contribution in [0.25, 0.3) is 10.8 Å². The molecule has 0 saturated carbocycles. The van der Waals surface area contributed by atoms with Gasteiger partial charge in [0, 0.05) is 11.4 Å². The Balaban J connectivity index is 1.94. The minimum absolute atomic E-state index is 0.0520. The molecule has 0 fully saturated rings. The fourth-order valence-corrected chi connectivity index (χ4v) is 2.55. The molecule has 0 bridgehead atoms. The quantitative estimate of drug-likeness (QED) is 0.877. The summed E-state index contributed by atoms with van der Waals surface area (Å²) < 4.78 is 5.67. The molecule has 1 N–H and O–H groups in total. The van der Waals surface area contributed by atoms with Gasteiger partial charge in [0.25, 0.3) is 5.91 Å². The van der Waals surface area contributed by atoms with Crippen molar-refractivity contribution in [3.05, 3.63) is 42.5 Å². The molecule has 0 heterocycles. The van der Waals surface area contributed by atoms with E-state index in [0.717, 1.165) is 22.9 Å². The van der Waals surface area contributed by atoms with Gasteiger partial charge in [-0.2, -0.15) is 0 Å². The van der Waals surface area contributed by atoms with Gasteiger partial charge in [-0.15, -0.1) is 0 Å². The fraction of sp³-hybridized carbons (Fsp3) is 0.389. The number of carbonyl (C=O) groups excluding carboxylic acids is 1. The second-order valence-electron chi connectivity index (χ2n) is 5.86. The summed E-state index contributed by atoms with van der Waals surface area (Å²) in [5, 5.41) is 5.11. The number of ether oxygens (including phenoxy) is 1. The maximum atomic E-state index is 11.9. The maximum Gasteiger partial charge on any atom is 0.258 e. The van der Waals surface area contributed by atoms with Crippen molar-refractivity contribution in [1.29, 1.82) is 0 Å². The smallest absolute Gasteiger partial charge is 0.258 e. The number of fused-ring (bicyclic) bond motifs is 1. The van der Waals surface area contributed by atoms with Crippen LogP contribution >= 0.6 is 0 Å². The molecule has 3 nitrogen and oxygen atoms in total. The van der Waals surface area contributed by atoms with E-state index >= 15 is 0 Å². The van der Waals surface area contributed by atoms with Gasteiger partial charge in [0.05, 0.1) is 0 Å². The van der Waals surface area contributed by atoms with Gasteiger partial charge in [-0.05, 0) is 30.7 Å². The Kier molecular flexibility index (Phi) is 5.20. The highest BCUT2D eigenvalue weighted by atomic mass is 16.5. The molecule has 1 unspecified atom stereocenters. The van der Waals surface area contributed by atoms with E-state index in [1.54, 1.807) is 0 Å². The van der Waals surface area contributed by atoms with Crippen molar-refractivity contribution in [2.24, 2.45) is 5.92 Å². The number of nitrogens with one attached hydrogen (secondary N) is 1. The van der Waals surface area contributed by atoms with Crippen LogP contribution in [-0.4, -0.2) is 18.6 Å². The maximum absolute atomic E-state index is 11.9. The third-order valence-electron chi connectivity index (χ3n) is 3.34. The lowest BCUT2D eigenvalue weighted by molar-refractivity contribution is -0.123. The highest BCUT2D eigenvalue weighted by molar-refractivity contribution is 5.88. The molecule has 1 amide bonds. The third kappa shape index (κ3) is 4.48. The van der Waals surface area contributed by atoms with E-state index in [1.807, 2.05) is 49.4 Å². The minimum Gasteiger partial charge on any atom is -0.483 e. The highest BCUT2D eigenvalue weighted by Crippen LogP contribution is 2.24. The number of amides is 1. The second-order valence-corrected chi connectivity index (χ2v) is 5.86. The third-order valence-corrected chi connectivity index (χ3v) is 3.34. The first-order valence-corrected chi connectivity index (χ1v) is 7.46. The fourth-order valence-electron chi connectivity index (χ4n) is 2.55. The van der Waals surface area contributed by atoms with Gasteiger partial charge in [-0.3, -0.25) is 4.79 Å². The molecule has 2 aromatic rings. The van der Waals surface area contributed by atoms with Crippen molar-refractivity contribution >= 4 is 16.7 Å². The number of carbonyl (C=O) groups is 1. The van der Waals surface area contributed by atoms with E-state index in [1.165, 1.54) is 0 Å². The van der Waals surface area contributed by atoms with Crippen LogP contribution in [0, 0.1) is 5.92 Å². The normalized spacial score (nSPS) is 12.4. The lowest BCUT2D eigenvalue weighted by Gasteiger charge is -2.16. The lowest BCUT2D eigenvalue weighted by Crippen LogP contribution is -2.36. The Morgan fingerprint density at radius 3 is 2.57 bits per heavy atom. The molecule has 1 atom stereocenters. The molecule has 2 rings (SSSR count). The van der Waals surface area contributed by atoms with E-state index in [-0.39, 0.29) is 18.6 Å². The van der Waals surface area contributed by atoms with Crippen molar-refractivity contribution in [3.8, 4) is 5.75 Å². The summed E-state index contributed by atoms with van der Waals surface area (Å²) in [5.74, 6) is 1.25. The zero-order valence-electron chi connectivity index (χ0n) is 12.9. The Morgan fingerprint density at radius 2 is 1.81 bits per heavy atom. The van der Waals surface area contributed by atoms with Gasteiger partial charge < -0.3 is 10.1 Å². The van der Waals surface area contributed by atoms with Crippen LogP contribution in [0.1, 0.15) is 27.2 Å². The van der Waals surface area contributed by atoms with Gasteiger partial charge in [0.15, 0.2) is 6.61 Å². The highest BCUT2D eigenvalue weighted by Gasteiger charge is 2.10. The Morgan fingerprint density at radius 1 is 1.10 bits per heavy atom. The van der Waals surface area contributed by atoms with Crippen molar-refractivity contribution in [3.63, 3.8) is 0 Å². The van der Waals surface area contributed by atoms with Crippen LogP contribution in [0.4, 0.5) is 0 Å². The van der Waals surface area contributed by atoms with Crippen molar-refractivity contribution in [2.75, 3.05) is 6.61 Å². The van der Waals surface area contributed by atoms with Crippen LogP contribution < -0.4 is 10.1 Å². The van der Waals surface area contributed by atoms with Crippen LogP contribution in [0.3, 0.4) is 0 Å². The Labute approximate surface area is 126 Å². The predicted molar refractivity (Wildman–Crippen MR) is 86.5 cm³/mol. The van der Waals surface area contributed by atoms with E-state index in [2.05, 4.69) is 19.2 Å². The molecule has 112 valence electrons. The van der Waals surface area contributed by atoms with Crippen molar-refractivity contribution < 1.29 is 9.53 Å². The first-order valence-electron chi connectivity index (χ1n) is 7.46. The summed E-state index contributed by atoms with van der Waals surface area (Å²) in [4.78, 5) is 11.9. The summed E-state index contributed by atoms with van der Waals surface area (Å²) in [5.41, 5.74) is 0. The summed E-state index contributed by atoms with van der Waals surface area (Å²) in [6.07, 6.45) is 0.972. The van der Waals surface area contributed by atoms with E-state index in [9.17, 15) is 4.79 Å². The largest absolute Gasteiger partial charge is 0.483 e. The zero-order chi connectivity index (χ0) is 15.2. The molecular formula is C18H23NO2. The monoisotopic (exact) mass is 285 g/mol. The minimum atomic E-state index is -0.0731. The number of rotatable bonds is 6. The molecule has 0 aliphatic rings. The average Bonchev–Trinajstić information content (AvgIpc) is 2.44. The van der Waals surface area contributed by atoms with Gasteiger partial charge in [0.1, 0.15) is 5.75 Å². The zero-order valence-corrected chi connectivity index (χ0v) is 12.9. The van der Waals surface area contributed by atoms with Crippen LogP contribution in [-0.2, 0) is 4.79 Å². The molecular weight excluding hydrogens is 262 g/mol. The first-order chi connectivity index (χ1) is 10.1. The van der Waals surface area contributed by atoms with E-state index < -0.39 is 0 Å². The van der Waals surface area contributed by atoms with Crippen LogP contribution in [0.5, 0.6) is 5.75 Å². The topological polar surface area (TPSA) is 38.3 Å². The van der Waals surface area contributed by atoms with Gasteiger partial charge >= 0.3 is 0 Å². The molecule has 21 heavy (non-hydrogen) atoms. The van der Waals surface area contributed by atoms with Crippen LogP contribution in [0.15, 0.2) is 42.5 Å². The predicted octanol–water partition coefficient (Wildman–Crippen LogP) is 3.77. The van der Waals surface area contributed by atoms with E-state index in [0.29, 0.717) is 5.92 Å². The molecule has 0 aliphatic heterocycles. The molecule has 0 aromatic heterocycles. The molecule has 2 aromatic carbocycles. The summed E-state index contributed by atoms with van der Waals surface area (Å²) in [7, 11) is 0. The average molecular weight is 285 g/mol. The number of hydrogen-bond donors (Lipinski definition) is 1. The van der Waals surface area contributed by atoms with Gasteiger partial charge in [0.2, 0.25) is 0 Å². The summed E-state index contributed by atoms with van der Waals surface area (Å²) in [6.45, 7) is 6.37. The Bertz CT molecular complexity index is 602. The standard InChI is InChI=1S/C18H23NO2/c1-13(2)11-14(3)19-18(20)12-21-17-10-6-8-15-7-4-5-9-16(15)17/h4-10,13-14H,11-12H2,1-3H3,(H,19,20). The summed E-state index contributed by atoms with van der Waals surface area (Å²) in [6, 6.07) is 14.1. The SMILES string of the molecule is CC(C)CC(C)NC(=O)COc1cccc2ccccc12. The molecule has 0 radical (unpaired) electrons. The molecule has 3 heteroatoms. The van der Waals surface area contributed by atoms with Crippen LogP contribution in [0.2, 0.25) is 0 Å². The summed E-state index contributed by atoms with van der Waals surface area (Å²) >= 11 is 0.